The van der Waals surface area contributed by atoms with Crippen LogP contribution >= 0.6 is 0 Å². The number of rotatable bonds is 7. The molecule has 1 fully saturated rings. The van der Waals surface area contributed by atoms with Crippen LogP contribution in [0.1, 0.15) is 43.6 Å². The zero-order chi connectivity index (χ0) is 24.8. The topological polar surface area (TPSA) is 105 Å². The quantitative estimate of drug-likeness (QED) is 0.505. The normalized spacial score (nSPS) is 15.7. The van der Waals surface area contributed by atoms with Gasteiger partial charge in [0, 0.05) is 44.1 Å². The molecule has 1 amide bonds. The van der Waals surface area contributed by atoms with Crippen molar-refractivity contribution in [2.75, 3.05) is 18.9 Å². The summed E-state index contributed by atoms with van der Waals surface area (Å²) in [5, 5.41) is 2.76. The third-order valence-electron chi connectivity index (χ3n) is 5.93. The second-order valence-electron chi connectivity index (χ2n) is 8.78. The molecule has 0 bridgehead atoms. The molecule has 2 heterocycles. The SMILES string of the molecule is Cc1ccc(-c2cnc(CCC(=O)Nc3cccc(S(=O)(=O)/N=C4\CCCCCN4C)c3)o2)cc1. The summed E-state index contributed by atoms with van der Waals surface area (Å²) in [5.74, 6) is 1.44. The zero-order valence-corrected chi connectivity index (χ0v) is 20.8. The predicted molar refractivity (Wildman–Crippen MR) is 136 cm³/mol. The molecule has 0 aliphatic carbocycles. The highest BCUT2D eigenvalue weighted by atomic mass is 32.2. The highest BCUT2D eigenvalue weighted by molar-refractivity contribution is 7.90. The fourth-order valence-electron chi connectivity index (χ4n) is 3.89. The van der Waals surface area contributed by atoms with E-state index in [9.17, 15) is 13.2 Å². The number of carbonyl (C=O) groups excluding carboxylic acids is 1. The average molecular weight is 495 g/mol. The molecular weight excluding hydrogens is 464 g/mol. The predicted octanol–water partition coefficient (Wildman–Crippen LogP) is 4.81. The molecule has 0 atom stereocenters. The standard InChI is InChI=1S/C26H30N4O4S/c1-19-10-12-20(13-11-19)23-18-27-26(34-23)15-14-25(31)28-21-7-6-8-22(17-21)35(32,33)29-24-9-4-3-5-16-30(24)2/h6-8,10-13,17-18H,3-5,9,14-16H2,1-2H3,(H,28,31)/b29-24+. The maximum atomic E-state index is 12.9. The number of hydrogen-bond acceptors (Lipinski definition) is 5. The molecule has 0 spiro atoms. The lowest BCUT2D eigenvalue weighted by molar-refractivity contribution is -0.116. The summed E-state index contributed by atoms with van der Waals surface area (Å²) < 4.78 is 35.7. The van der Waals surface area contributed by atoms with E-state index < -0.39 is 10.0 Å². The number of nitrogens with zero attached hydrogens (tertiary/aromatic N) is 3. The number of amides is 1. The number of amidine groups is 1. The van der Waals surface area contributed by atoms with E-state index in [0.29, 0.717) is 36.0 Å². The van der Waals surface area contributed by atoms with Crippen LogP contribution in [0.3, 0.4) is 0 Å². The van der Waals surface area contributed by atoms with Crippen LogP contribution in [0.15, 0.2) is 68.4 Å². The fourth-order valence-corrected chi connectivity index (χ4v) is 5.03. The first-order valence-corrected chi connectivity index (χ1v) is 13.2. The summed E-state index contributed by atoms with van der Waals surface area (Å²) in [6.45, 7) is 2.81. The average Bonchev–Trinajstić information content (AvgIpc) is 3.22. The molecule has 1 aliphatic heterocycles. The molecular formula is C26H30N4O4S. The van der Waals surface area contributed by atoms with Gasteiger partial charge in [-0.3, -0.25) is 4.79 Å². The van der Waals surface area contributed by atoms with Gasteiger partial charge < -0.3 is 14.6 Å². The summed E-state index contributed by atoms with van der Waals surface area (Å²) in [4.78, 5) is 18.7. The summed E-state index contributed by atoms with van der Waals surface area (Å²) >= 11 is 0. The van der Waals surface area contributed by atoms with Crippen LogP contribution in [0.5, 0.6) is 0 Å². The number of carbonyl (C=O) groups is 1. The van der Waals surface area contributed by atoms with Crippen molar-refractivity contribution in [2.24, 2.45) is 4.40 Å². The monoisotopic (exact) mass is 494 g/mol. The highest BCUT2D eigenvalue weighted by Gasteiger charge is 2.19. The largest absolute Gasteiger partial charge is 0.441 e. The lowest BCUT2D eigenvalue weighted by Gasteiger charge is -2.17. The van der Waals surface area contributed by atoms with Gasteiger partial charge in [-0.05, 0) is 38.0 Å². The fraction of sp³-hybridized carbons (Fsp3) is 0.346. The summed E-state index contributed by atoms with van der Waals surface area (Å²) in [6.07, 6.45) is 5.78. The van der Waals surface area contributed by atoms with Crippen LogP contribution in [0.4, 0.5) is 5.69 Å². The highest BCUT2D eigenvalue weighted by Crippen LogP contribution is 2.22. The van der Waals surface area contributed by atoms with Crippen molar-refractivity contribution in [3.8, 4) is 11.3 Å². The number of aromatic nitrogens is 1. The van der Waals surface area contributed by atoms with Gasteiger partial charge in [0.15, 0.2) is 11.7 Å². The molecule has 3 aromatic rings. The van der Waals surface area contributed by atoms with Crippen molar-refractivity contribution < 1.29 is 17.6 Å². The molecule has 0 unspecified atom stereocenters. The van der Waals surface area contributed by atoms with Crippen LogP contribution in [0.25, 0.3) is 11.3 Å². The maximum absolute atomic E-state index is 12.9. The van der Waals surface area contributed by atoms with Crippen molar-refractivity contribution in [1.82, 2.24) is 9.88 Å². The van der Waals surface area contributed by atoms with Crippen LogP contribution in [-0.4, -0.2) is 43.6 Å². The molecule has 1 saturated heterocycles. The Morgan fingerprint density at radius 3 is 2.74 bits per heavy atom. The first-order valence-electron chi connectivity index (χ1n) is 11.8. The second-order valence-corrected chi connectivity index (χ2v) is 10.4. The van der Waals surface area contributed by atoms with Crippen LogP contribution < -0.4 is 5.32 Å². The van der Waals surface area contributed by atoms with Crippen molar-refractivity contribution in [3.63, 3.8) is 0 Å². The molecule has 35 heavy (non-hydrogen) atoms. The number of nitrogens with one attached hydrogen (secondary N) is 1. The van der Waals surface area contributed by atoms with E-state index in [1.165, 1.54) is 12.1 Å². The smallest absolute Gasteiger partial charge is 0.284 e. The van der Waals surface area contributed by atoms with E-state index in [4.69, 9.17) is 4.42 Å². The van der Waals surface area contributed by atoms with Gasteiger partial charge in [0.2, 0.25) is 5.91 Å². The minimum atomic E-state index is -3.88. The van der Waals surface area contributed by atoms with Gasteiger partial charge in [-0.15, -0.1) is 4.40 Å². The van der Waals surface area contributed by atoms with E-state index >= 15 is 0 Å². The van der Waals surface area contributed by atoms with Gasteiger partial charge in [0.25, 0.3) is 10.0 Å². The van der Waals surface area contributed by atoms with E-state index in [-0.39, 0.29) is 17.2 Å². The lowest BCUT2D eigenvalue weighted by atomic mass is 10.1. The number of aryl methyl sites for hydroxylation is 2. The van der Waals surface area contributed by atoms with E-state index in [1.807, 2.05) is 43.1 Å². The van der Waals surface area contributed by atoms with E-state index in [1.54, 1.807) is 18.3 Å². The van der Waals surface area contributed by atoms with Crippen molar-refractivity contribution >= 4 is 27.5 Å². The van der Waals surface area contributed by atoms with Gasteiger partial charge >= 0.3 is 0 Å². The van der Waals surface area contributed by atoms with Crippen LogP contribution in [0, 0.1) is 6.92 Å². The minimum absolute atomic E-state index is 0.0517. The van der Waals surface area contributed by atoms with Gasteiger partial charge in [-0.1, -0.05) is 42.3 Å². The summed E-state index contributed by atoms with van der Waals surface area (Å²) in [7, 11) is -2.01. The number of likely N-dealkylation sites (tertiary alicyclic amines) is 1. The third-order valence-corrected chi connectivity index (χ3v) is 7.23. The Bertz CT molecular complexity index is 1310. The molecule has 1 aliphatic rings. The van der Waals surface area contributed by atoms with Crippen molar-refractivity contribution in [1.29, 1.82) is 0 Å². The van der Waals surface area contributed by atoms with E-state index in [0.717, 1.165) is 36.9 Å². The Labute approximate surface area is 206 Å². The molecule has 1 aromatic heterocycles. The van der Waals surface area contributed by atoms with Gasteiger partial charge in [-0.2, -0.15) is 8.42 Å². The van der Waals surface area contributed by atoms with Crippen LogP contribution in [0.2, 0.25) is 0 Å². The first-order chi connectivity index (χ1) is 16.8. The maximum Gasteiger partial charge on any atom is 0.284 e. The van der Waals surface area contributed by atoms with Gasteiger partial charge in [0.1, 0.15) is 5.84 Å². The van der Waals surface area contributed by atoms with Crippen LogP contribution in [-0.2, 0) is 21.2 Å². The third kappa shape index (κ3) is 6.57. The molecule has 2 aromatic carbocycles. The second kappa shape index (κ2) is 10.9. The lowest BCUT2D eigenvalue weighted by Crippen LogP contribution is -2.26. The zero-order valence-electron chi connectivity index (χ0n) is 20.0. The Morgan fingerprint density at radius 2 is 1.94 bits per heavy atom. The van der Waals surface area contributed by atoms with Crippen molar-refractivity contribution in [3.05, 3.63) is 66.2 Å². The minimum Gasteiger partial charge on any atom is -0.441 e. The Morgan fingerprint density at radius 1 is 1.14 bits per heavy atom. The number of oxazole rings is 1. The van der Waals surface area contributed by atoms with Crippen molar-refractivity contribution in [2.45, 2.75) is 50.3 Å². The van der Waals surface area contributed by atoms with Gasteiger partial charge in [0.05, 0.1) is 11.1 Å². The molecule has 4 rings (SSSR count). The molecule has 184 valence electrons. The number of sulfonamides is 1. The Kier molecular flexibility index (Phi) is 7.65. The molecule has 1 N–H and O–H groups in total. The Hall–Kier alpha value is -3.46. The van der Waals surface area contributed by atoms with E-state index in [2.05, 4.69) is 14.7 Å². The summed E-state index contributed by atoms with van der Waals surface area (Å²) in [5.41, 5.74) is 2.49. The number of benzene rings is 2. The van der Waals surface area contributed by atoms with Gasteiger partial charge in [-0.25, -0.2) is 4.98 Å². The molecule has 0 radical (unpaired) electrons. The first kappa shape index (κ1) is 24.7. The molecule has 9 heteroatoms. The number of anilines is 1. The summed E-state index contributed by atoms with van der Waals surface area (Å²) in [6, 6.07) is 14.1. The Balaban J connectivity index is 1.38. The number of hydrogen-bond donors (Lipinski definition) is 1. The molecule has 0 saturated carbocycles. The molecule has 8 nitrogen and oxygen atoms in total.